The summed E-state index contributed by atoms with van der Waals surface area (Å²) >= 11 is 3.30. The molecule has 1 aliphatic carbocycles. The maximum Gasteiger partial charge on any atom is 0.260 e. The molecule has 3 nitrogen and oxygen atoms in total. The molecule has 2 heterocycles. The minimum atomic E-state index is 0.0307. The van der Waals surface area contributed by atoms with Crippen LogP contribution in [0.2, 0.25) is 0 Å². The van der Waals surface area contributed by atoms with Gasteiger partial charge in [-0.1, -0.05) is 24.8 Å². The van der Waals surface area contributed by atoms with Crippen LogP contribution in [0.15, 0.2) is 22.6 Å². The molecular weight excluding hydrogens is 288 g/mol. The van der Waals surface area contributed by atoms with E-state index in [0.717, 1.165) is 34.0 Å². The van der Waals surface area contributed by atoms with Crippen LogP contribution in [0, 0.1) is 5.92 Å². The molecule has 1 atom stereocenters. The Hall–Kier alpha value is -1.07. The molecule has 0 radical (unpaired) electrons. The predicted octanol–water partition coefficient (Wildman–Crippen LogP) is 3.78. The van der Waals surface area contributed by atoms with Gasteiger partial charge in [0.25, 0.3) is 5.56 Å². The van der Waals surface area contributed by atoms with Crippen LogP contribution in [0.1, 0.15) is 30.2 Å². The number of allylic oxidation sites excluding steroid dienone is 1. The van der Waals surface area contributed by atoms with Gasteiger partial charge in [-0.25, -0.2) is 4.98 Å². The Morgan fingerprint density at radius 1 is 1.50 bits per heavy atom. The van der Waals surface area contributed by atoms with E-state index >= 15 is 0 Å². The van der Waals surface area contributed by atoms with Crippen molar-refractivity contribution in [3.05, 3.63) is 33.4 Å². The third kappa shape index (κ3) is 2.56. The van der Waals surface area contributed by atoms with Crippen molar-refractivity contribution in [2.75, 3.05) is 5.75 Å². The Morgan fingerprint density at radius 2 is 2.30 bits per heavy atom. The molecule has 5 heteroatoms. The Labute approximate surface area is 126 Å². The minimum absolute atomic E-state index is 0.0307. The first-order chi connectivity index (χ1) is 9.69. The summed E-state index contributed by atoms with van der Waals surface area (Å²) in [6.45, 7) is 5.89. The van der Waals surface area contributed by atoms with Crippen molar-refractivity contribution in [2.24, 2.45) is 5.92 Å². The fourth-order valence-electron chi connectivity index (χ4n) is 2.49. The van der Waals surface area contributed by atoms with Gasteiger partial charge in [0, 0.05) is 10.6 Å². The third-order valence-corrected chi connectivity index (χ3v) is 6.03. The van der Waals surface area contributed by atoms with E-state index in [9.17, 15) is 4.79 Å². The number of hydrogen-bond acceptors (Lipinski definition) is 4. The van der Waals surface area contributed by atoms with Gasteiger partial charge < -0.3 is 4.98 Å². The van der Waals surface area contributed by atoms with E-state index in [4.69, 9.17) is 0 Å². The zero-order chi connectivity index (χ0) is 14.1. The molecule has 0 unspecified atom stereocenters. The Morgan fingerprint density at radius 3 is 3.10 bits per heavy atom. The maximum absolute atomic E-state index is 12.3. The molecule has 20 heavy (non-hydrogen) atoms. The normalized spacial score (nSPS) is 16.1. The number of hydrogen-bond donors (Lipinski definition) is 1. The first-order valence-corrected chi connectivity index (χ1v) is 8.79. The number of rotatable bonds is 4. The fraction of sp³-hybridized carbons (Fsp3) is 0.467. The van der Waals surface area contributed by atoms with Crippen molar-refractivity contribution in [2.45, 2.75) is 37.8 Å². The van der Waals surface area contributed by atoms with Crippen LogP contribution in [0.25, 0.3) is 10.2 Å². The molecule has 0 aromatic carbocycles. The number of fused-ring (bicyclic) bond motifs is 3. The summed E-state index contributed by atoms with van der Waals surface area (Å²) in [6, 6.07) is 0. The molecule has 0 saturated carbocycles. The van der Waals surface area contributed by atoms with Crippen molar-refractivity contribution in [1.82, 2.24) is 9.97 Å². The van der Waals surface area contributed by atoms with Crippen LogP contribution in [-0.4, -0.2) is 15.7 Å². The van der Waals surface area contributed by atoms with Crippen molar-refractivity contribution < 1.29 is 0 Å². The number of thiophene rings is 1. The second-order valence-electron chi connectivity index (χ2n) is 5.29. The Balaban J connectivity index is 1.98. The van der Waals surface area contributed by atoms with Crippen LogP contribution in [0.5, 0.6) is 0 Å². The molecule has 106 valence electrons. The van der Waals surface area contributed by atoms with E-state index in [2.05, 4.69) is 23.5 Å². The number of thioether (sulfide) groups is 1. The van der Waals surface area contributed by atoms with Gasteiger partial charge in [-0.3, -0.25) is 4.79 Å². The largest absolute Gasteiger partial charge is 0.301 e. The van der Waals surface area contributed by atoms with Crippen molar-refractivity contribution >= 4 is 33.3 Å². The van der Waals surface area contributed by atoms with E-state index in [-0.39, 0.29) is 5.56 Å². The fourth-order valence-corrected chi connectivity index (χ4v) is 4.69. The van der Waals surface area contributed by atoms with E-state index in [1.54, 1.807) is 23.1 Å². The third-order valence-electron chi connectivity index (χ3n) is 3.69. The zero-order valence-corrected chi connectivity index (χ0v) is 13.2. The van der Waals surface area contributed by atoms with Crippen LogP contribution in [-0.2, 0) is 12.8 Å². The maximum atomic E-state index is 12.3. The Kier molecular flexibility index (Phi) is 3.98. The lowest BCUT2D eigenvalue weighted by molar-refractivity contribution is 0.700. The molecule has 2 aromatic heterocycles. The number of H-pyrrole nitrogens is 1. The average molecular weight is 306 g/mol. The number of aromatic amines is 1. The van der Waals surface area contributed by atoms with Crippen molar-refractivity contribution in [1.29, 1.82) is 0 Å². The second-order valence-corrected chi connectivity index (χ2v) is 7.38. The predicted molar refractivity (Wildman–Crippen MR) is 87.0 cm³/mol. The Bertz CT molecular complexity index is 702. The molecule has 1 N–H and O–H groups in total. The highest BCUT2D eigenvalue weighted by Gasteiger charge is 2.19. The lowest BCUT2D eigenvalue weighted by Crippen LogP contribution is -2.11. The lowest BCUT2D eigenvalue weighted by Gasteiger charge is -2.09. The molecule has 1 aliphatic rings. The second kappa shape index (κ2) is 5.74. The van der Waals surface area contributed by atoms with Gasteiger partial charge in [-0.05, 0) is 37.2 Å². The van der Waals surface area contributed by atoms with E-state index in [1.807, 2.05) is 6.08 Å². The van der Waals surface area contributed by atoms with Gasteiger partial charge in [0.2, 0.25) is 0 Å². The quantitative estimate of drug-likeness (QED) is 0.531. The summed E-state index contributed by atoms with van der Waals surface area (Å²) in [7, 11) is 0. The van der Waals surface area contributed by atoms with Gasteiger partial charge in [0.15, 0.2) is 5.16 Å². The topological polar surface area (TPSA) is 45.8 Å². The average Bonchev–Trinajstić information content (AvgIpc) is 2.83. The molecular formula is C15H18N2OS2. The van der Waals surface area contributed by atoms with Crippen molar-refractivity contribution in [3.63, 3.8) is 0 Å². The zero-order valence-electron chi connectivity index (χ0n) is 11.6. The first kappa shape index (κ1) is 13.9. The number of nitrogens with zero attached hydrogens (tertiary/aromatic N) is 1. The number of aromatic nitrogens is 2. The molecule has 2 aromatic rings. The summed E-state index contributed by atoms with van der Waals surface area (Å²) in [6.07, 6.45) is 6.47. The summed E-state index contributed by atoms with van der Waals surface area (Å²) in [4.78, 5) is 22.2. The van der Waals surface area contributed by atoms with Gasteiger partial charge in [-0.2, -0.15) is 0 Å². The molecule has 3 rings (SSSR count). The monoisotopic (exact) mass is 306 g/mol. The van der Waals surface area contributed by atoms with Crippen LogP contribution in [0.3, 0.4) is 0 Å². The molecule has 0 bridgehead atoms. The van der Waals surface area contributed by atoms with Crippen LogP contribution >= 0.6 is 23.1 Å². The van der Waals surface area contributed by atoms with E-state index in [1.165, 1.54) is 23.3 Å². The highest BCUT2D eigenvalue weighted by atomic mass is 32.2. The van der Waals surface area contributed by atoms with E-state index < -0.39 is 0 Å². The highest BCUT2D eigenvalue weighted by molar-refractivity contribution is 7.99. The lowest BCUT2D eigenvalue weighted by atomic mass is 9.97. The highest BCUT2D eigenvalue weighted by Crippen LogP contribution is 2.34. The summed E-state index contributed by atoms with van der Waals surface area (Å²) in [5, 5.41) is 1.57. The van der Waals surface area contributed by atoms with Gasteiger partial charge in [0.05, 0.1) is 5.39 Å². The molecule has 0 amide bonds. The SMILES string of the molecule is C=C[C@@H](C)CSc1nc2sc3c(c2c(=O)[nH]1)CCCC3. The standard InChI is InChI=1S/C15H18N2OS2/c1-3-9(2)8-19-15-16-13(18)12-10-6-4-5-7-11(10)20-14(12)17-15/h3,9H,1,4-8H2,2H3,(H,16,17,18)/t9-/m1/s1. The molecule has 0 fully saturated rings. The van der Waals surface area contributed by atoms with E-state index in [0.29, 0.717) is 5.92 Å². The summed E-state index contributed by atoms with van der Waals surface area (Å²) in [5.74, 6) is 1.31. The molecule has 0 spiro atoms. The molecule has 0 aliphatic heterocycles. The van der Waals surface area contributed by atoms with Crippen LogP contribution in [0.4, 0.5) is 0 Å². The van der Waals surface area contributed by atoms with Crippen molar-refractivity contribution in [3.8, 4) is 0 Å². The number of nitrogens with one attached hydrogen (secondary N) is 1. The molecule has 0 saturated heterocycles. The van der Waals surface area contributed by atoms with Gasteiger partial charge in [-0.15, -0.1) is 17.9 Å². The minimum Gasteiger partial charge on any atom is -0.301 e. The van der Waals surface area contributed by atoms with Gasteiger partial charge in [0.1, 0.15) is 4.83 Å². The number of aryl methyl sites for hydroxylation is 2. The van der Waals surface area contributed by atoms with Crippen LogP contribution < -0.4 is 5.56 Å². The summed E-state index contributed by atoms with van der Waals surface area (Å²) in [5.41, 5.74) is 1.28. The smallest absolute Gasteiger partial charge is 0.260 e. The van der Waals surface area contributed by atoms with Gasteiger partial charge >= 0.3 is 0 Å². The first-order valence-electron chi connectivity index (χ1n) is 6.99. The summed E-state index contributed by atoms with van der Waals surface area (Å²) < 4.78 is 0.